The maximum atomic E-state index is 12.4. The van der Waals surface area contributed by atoms with Crippen LogP contribution in [0.4, 0.5) is 0 Å². The highest BCUT2D eigenvalue weighted by atomic mass is 35.5. The Hall–Kier alpha value is -3.43. The zero-order chi connectivity index (χ0) is 21.4. The highest BCUT2D eigenvalue weighted by Gasteiger charge is 2.34. The number of ether oxygens (including phenoxy) is 2. The average molecular weight is 444 g/mol. The first kappa shape index (κ1) is 19.9. The molecule has 2 aromatic rings. The van der Waals surface area contributed by atoms with Crippen LogP contribution >= 0.6 is 22.9 Å². The molecular formula is C20H14ClN3O5S. The monoisotopic (exact) mass is 443 g/mol. The molecule has 30 heavy (non-hydrogen) atoms. The van der Waals surface area contributed by atoms with E-state index in [-0.39, 0.29) is 33.8 Å². The van der Waals surface area contributed by atoms with Gasteiger partial charge in [-0.15, -0.1) is 16.4 Å². The van der Waals surface area contributed by atoms with Gasteiger partial charge in [0.25, 0.3) is 5.91 Å². The lowest BCUT2D eigenvalue weighted by atomic mass is 10.1. The Morgan fingerprint density at radius 1 is 1.40 bits per heavy atom. The van der Waals surface area contributed by atoms with Crippen LogP contribution in [0, 0.1) is 5.41 Å². The first-order valence-electron chi connectivity index (χ1n) is 8.60. The summed E-state index contributed by atoms with van der Waals surface area (Å²) >= 11 is 7.57. The zero-order valence-corrected chi connectivity index (χ0v) is 17.3. The Kier molecular flexibility index (Phi) is 5.15. The molecule has 0 radical (unpaired) electrons. The van der Waals surface area contributed by atoms with Crippen molar-refractivity contribution in [3.05, 3.63) is 62.5 Å². The maximum Gasteiger partial charge on any atom is 0.353 e. The number of hydrogen-bond acceptors (Lipinski definition) is 7. The topological polar surface area (TPSA) is 101 Å². The van der Waals surface area contributed by atoms with Gasteiger partial charge < -0.3 is 14.3 Å². The van der Waals surface area contributed by atoms with Gasteiger partial charge in [0.05, 0.1) is 17.7 Å². The lowest BCUT2D eigenvalue weighted by Gasteiger charge is -2.23. The minimum atomic E-state index is -0.580. The summed E-state index contributed by atoms with van der Waals surface area (Å²) in [6.07, 6.45) is 3.01. The summed E-state index contributed by atoms with van der Waals surface area (Å²) in [7, 11) is 1.40. The number of aliphatic imine (C=N–C) groups is 1. The van der Waals surface area contributed by atoms with Crippen LogP contribution in [0.15, 0.2) is 52.0 Å². The quantitative estimate of drug-likeness (QED) is 0.434. The predicted octanol–water partition coefficient (Wildman–Crippen LogP) is 4.08. The number of allylic oxidation sites excluding steroid dienone is 1. The smallest absolute Gasteiger partial charge is 0.353 e. The summed E-state index contributed by atoms with van der Waals surface area (Å²) in [4.78, 5) is 34.4. The van der Waals surface area contributed by atoms with E-state index in [0.717, 1.165) is 0 Å². The van der Waals surface area contributed by atoms with Gasteiger partial charge in [-0.25, -0.2) is 4.79 Å². The third kappa shape index (κ3) is 3.60. The summed E-state index contributed by atoms with van der Waals surface area (Å²) in [5.74, 6) is -0.247. The molecule has 1 N–H and O–H groups in total. The number of carbonyl (C=O) groups excluding carboxylic acids is 2. The van der Waals surface area contributed by atoms with Gasteiger partial charge in [-0.2, -0.15) is 4.99 Å². The second-order valence-corrected chi connectivity index (χ2v) is 7.58. The number of methoxy groups -OCH3 is 1. The van der Waals surface area contributed by atoms with Crippen LogP contribution in [0.25, 0.3) is 6.08 Å². The molecular weight excluding hydrogens is 430 g/mol. The largest absolute Gasteiger partial charge is 0.493 e. The molecule has 4 rings (SSSR count). The molecule has 0 saturated heterocycles. The summed E-state index contributed by atoms with van der Waals surface area (Å²) in [6.45, 7) is 1.70. The fourth-order valence-electron chi connectivity index (χ4n) is 2.83. The summed E-state index contributed by atoms with van der Waals surface area (Å²) in [5.41, 5.74) is 0.478. The van der Waals surface area contributed by atoms with Crippen LogP contribution in [-0.2, 0) is 9.63 Å². The zero-order valence-electron chi connectivity index (χ0n) is 15.8. The highest BCUT2D eigenvalue weighted by Crippen LogP contribution is 2.38. The molecule has 2 aliphatic rings. The van der Waals surface area contributed by atoms with Gasteiger partial charge >= 0.3 is 5.97 Å². The minimum absolute atomic E-state index is 0.0169. The van der Waals surface area contributed by atoms with E-state index in [1.165, 1.54) is 35.7 Å². The summed E-state index contributed by atoms with van der Waals surface area (Å²) in [5, 5.41) is 11.3. The van der Waals surface area contributed by atoms with E-state index in [0.29, 0.717) is 16.2 Å². The second kappa shape index (κ2) is 7.77. The molecule has 0 unspecified atom stereocenters. The molecule has 1 aromatic heterocycles. The minimum Gasteiger partial charge on any atom is -0.493 e. The number of rotatable bonds is 4. The fourth-order valence-corrected chi connectivity index (χ4v) is 3.68. The number of halogens is 1. The van der Waals surface area contributed by atoms with Crippen LogP contribution < -0.4 is 9.47 Å². The van der Waals surface area contributed by atoms with Gasteiger partial charge in [-0.3, -0.25) is 10.2 Å². The summed E-state index contributed by atoms with van der Waals surface area (Å²) < 4.78 is 10.7. The Labute approximate surface area is 180 Å². The van der Waals surface area contributed by atoms with Crippen LogP contribution in [0.5, 0.6) is 11.5 Å². The molecule has 3 heterocycles. The van der Waals surface area contributed by atoms with Crippen molar-refractivity contribution < 1.29 is 23.9 Å². The van der Waals surface area contributed by atoms with Crippen molar-refractivity contribution in [1.82, 2.24) is 5.06 Å². The lowest BCUT2D eigenvalue weighted by Crippen LogP contribution is -2.38. The number of benzene rings is 1. The van der Waals surface area contributed by atoms with Gasteiger partial charge in [0, 0.05) is 6.08 Å². The Morgan fingerprint density at radius 2 is 2.20 bits per heavy atom. The van der Waals surface area contributed by atoms with Gasteiger partial charge in [-0.1, -0.05) is 17.7 Å². The molecule has 152 valence electrons. The van der Waals surface area contributed by atoms with Gasteiger partial charge in [-0.05, 0) is 42.1 Å². The van der Waals surface area contributed by atoms with Gasteiger partial charge in [0.1, 0.15) is 10.6 Å². The van der Waals surface area contributed by atoms with E-state index >= 15 is 0 Å². The maximum absolute atomic E-state index is 12.4. The number of hydroxylamine groups is 2. The van der Waals surface area contributed by atoms with Crippen molar-refractivity contribution in [3.63, 3.8) is 0 Å². The number of nitrogens with zero attached hydrogens (tertiary/aromatic N) is 2. The Bertz CT molecular complexity index is 1170. The predicted molar refractivity (Wildman–Crippen MR) is 112 cm³/mol. The van der Waals surface area contributed by atoms with Gasteiger partial charge in [0.2, 0.25) is 0 Å². The van der Waals surface area contributed by atoms with Crippen molar-refractivity contribution in [2.45, 2.75) is 6.92 Å². The third-order valence-corrected chi connectivity index (χ3v) is 5.29. The molecule has 2 aliphatic heterocycles. The first-order valence-corrected chi connectivity index (χ1v) is 9.86. The summed E-state index contributed by atoms with van der Waals surface area (Å²) in [6, 6.07) is 6.42. The normalized spacial score (nSPS) is 16.8. The van der Waals surface area contributed by atoms with Crippen LogP contribution in [0.3, 0.4) is 0 Å². The first-order chi connectivity index (χ1) is 14.4. The molecule has 1 aromatic carbocycles. The van der Waals surface area contributed by atoms with Crippen LogP contribution in [-0.4, -0.2) is 35.7 Å². The van der Waals surface area contributed by atoms with Crippen LogP contribution in [0.2, 0.25) is 5.02 Å². The molecule has 0 aliphatic carbocycles. The number of esters is 1. The molecule has 8 nitrogen and oxygen atoms in total. The van der Waals surface area contributed by atoms with Crippen molar-refractivity contribution in [3.8, 4) is 11.5 Å². The second-order valence-electron chi connectivity index (χ2n) is 6.22. The van der Waals surface area contributed by atoms with E-state index in [4.69, 9.17) is 31.3 Å². The number of amides is 1. The number of nitrogens with one attached hydrogen (secondary N) is 1. The van der Waals surface area contributed by atoms with Crippen molar-refractivity contribution >= 4 is 52.6 Å². The van der Waals surface area contributed by atoms with Crippen molar-refractivity contribution in [1.29, 1.82) is 5.41 Å². The van der Waals surface area contributed by atoms with E-state index < -0.39 is 11.9 Å². The number of thiophene rings is 1. The Morgan fingerprint density at radius 3 is 2.90 bits per heavy atom. The standard InChI is InChI=1S/C20H14ClN3O5S/c1-10-6-16-23-19(25)12(18(22)24(16)29-10)7-11-8-13(21)17(14(9-11)27-2)28-20(26)15-4-3-5-30-15/h3-9,22H,1-2H3/b12-7+,22-18?. The van der Waals surface area contributed by atoms with E-state index in [2.05, 4.69) is 4.99 Å². The molecule has 10 heteroatoms. The number of fused-ring (bicyclic) bond motifs is 1. The lowest BCUT2D eigenvalue weighted by molar-refractivity contribution is -0.114. The van der Waals surface area contributed by atoms with Gasteiger partial charge in [0.15, 0.2) is 23.2 Å². The van der Waals surface area contributed by atoms with Crippen molar-refractivity contribution in [2.24, 2.45) is 4.99 Å². The number of carbonyl (C=O) groups is 2. The fraction of sp³-hybridized carbons (Fsp3) is 0.100. The van der Waals surface area contributed by atoms with Crippen molar-refractivity contribution in [2.75, 3.05) is 7.11 Å². The molecule has 0 spiro atoms. The van der Waals surface area contributed by atoms with E-state index in [1.807, 2.05) is 0 Å². The molecule has 0 atom stereocenters. The SMILES string of the molecule is COc1cc(/C=C2\C(=N)N3OC(C)=CC3=NC2=O)cc(Cl)c1OC(=O)c1cccs1. The third-order valence-electron chi connectivity index (χ3n) is 4.16. The van der Waals surface area contributed by atoms with E-state index in [9.17, 15) is 9.59 Å². The Balaban J connectivity index is 1.66. The highest BCUT2D eigenvalue weighted by molar-refractivity contribution is 7.12. The molecule has 1 amide bonds. The molecule has 0 fully saturated rings. The average Bonchev–Trinajstić information content (AvgIpc) is 3.36. The molecule has 0 bridgehead atoms. The molecule has 0 saturated carbocycles. The number of amidine groups is 2. The van der Waals surface area contributed by atoms with Crippen LogP contribution in [0.1, 0.15) is 22.2 Å². The number of hydrogen-bond donors (Lipinski definition) is 1. The van der Waals surface area contributed by atoms with E-state index in [1.54, 1.807) is 36.6 Å².